The normalized spacial score (nSPS) is 28.5. The minimum Gasteiger partial charge on any atom is -0.481 e. The first kappa shape index (κ1) is 20.2. The Morgan fingerprint density at radius 1 is 1.24 bits per heavy atom. The summed E-state index contributed by atoms with van der Waals surface area (Å²) in [5.74, 6) is -1.16. The summed E-state index contributed by atoms with van der Waals surface area (Å²) < 4.78 is 26.4. The molecule has 0 aromatic carbocycles. The van der Waals surface area contributed by atoms with Crippen LogP contribution in [0, 0.1) is 11.3 Å². The van der Waals surface area contributed by atoms with Gasteiger partial charge in [-0.1, -0.05) is 27.2 Å². The number of piperidine rings is 1. The molecule has 2 atom stereocenters. The van der Waals surface area contributed by atoms with Gasteiger partial charge in [0.1, 0.15) is 6.04 Å². The minimum absolute atomic E-state index is 0.0435. The van der Waals surface area contributed by atoms with E-state index in [-0.39, 0.29) is 24.1 Å². The van der Waals surface area contributed by atoms with Crippen LogP contribution in [0.2, 0.25) is 0 Å². The second kappa shape index (κ2) is 7.61. The van der Waals surface area contributed by atoms with Crippen molar-refractivity contribution in [2.24, 2.45) is 11.3 Å². The Morgan fingerprint density at radius 2 is 1.92 bits per heavy atom. The van der Waals surface area contributed by atoms with Crippen molar-refractivity contribution in [3.63, 3.8) is 0 Å². The number of carboxylic acids is 1. The molecule has 2 unspecified atom stereocenters. The van der Waals surface area contributed by atoms with E-state index in [9.17, 15) is 23.1 Å². The summed E-state index contributed by atoms with van der Waals surface area (Å²) >= 11 is 0. The third-order valence-corrected chi connectivity index (χ3v) is 7.78. The van der Waals surface area contributed by atoms with Crippen LogP contribution in [0.25, 0.3) is 0 Å². The van der Waals surface area contributed by atoms with Gasteiger partial charge in [-0.05, 0) is 31.6 Å². The number of hydrogen-bond donors (Lipinski definition) is 1. The molecule has 7 nitrogen and oxygen atoms in total. The second-order valence-corrected chi connectivity index (χ2v) is 9.61. The molecule has 0 bridgehead atoms. The van der Waals surface area contributed by atoms with E-state index in [2.05, 4.69) is 0 Å². The van der Waals surface area contributed by atoms with E-state index >= 15 is 0 Å². The highest BCUT2D eigenvalue weighted by atomic mass is 32.2. The molecule has 144 valence electrons. The fourth-order valence-electron chi connectivity index (χ4n) is 3.98. The molecule has 0 radical (unpaired) electrons. The molecule has 0 aromatic heterocycles. The fourth-order valence-corrected chi connectivity index (χ4v) is 5.73. The lowest BCUT2D eigenvalue weighted by Crippen LogP contribution is -2.53. The smallest absolute Gasteiger partial charge is 0.311 e. The number of hydrogen-bond acceptors (Lipinski definition) is 4. The number of carbonyl (C=O) groups is 2. The third-order valence-electron chi connectivity index (χ3n) is 5.70. The van der Waals surface area contributed by atoms with Gasteiger partial charge < -0.3 is 10.0 Å². The van der Waals surface area contributed by atoms with Crippen molar-refractivity contribution >= 4 is 21.9 Å². The first-order valence-corrected chi connectivity index (χ1v) is 10.8. The quantitative estimate of drug-likeness (QED) is 0.761. The van der Waals surface area contributed by atoms with Gasteiger partial charge in [-0.3, -0.25) is 9.59 Å². The van der Waals surface area contributed by atoms with Gasteiger partial charge in [0.15, 0.2) is 0 Å². The zero-order valence-corrected chi connectivity index (χ0v) is 16.2. The predicted octanol–water partition coefficient (Wildman–Crippen LogP) is 1.54. The number of aliphatic carboxylic acids is 1. The van der Waals surface area contributed by atoms with Crippen LogP contribution in [0.1, 0.15) is 52.9 Å². The number of rotatable bonds is 6. The lowest BCUT2D eigenvalue weighted by molar-refractivity contribution is -0.151. The molecular formula is C17H30N2O5S. The molecular weight excluding hydrogens is 344 g/mol. The van der Waals surface area contributed by atoms with Crippen LogP contribution in [-0.2, 0) is 19.6 Å². The van der Waals surface area contributed by atoms with Crippen LogP contribution in [-0.4, -0.2) is 66.0 Å². The molecule has 2 heterocycles. The van der Waals surface area contributed by atoms with Crippen LogP contribution in [0.4, 0.5) is 0 Å². The average Bonchev–Trinajstić information content (AvgIpc) is 3.01. The molecule has 2 fully saturated rings. The number of nitrogens with zero attached hydrogens (tertiary/aromatic N) is 2. The van der Waals surface area contributed by atoms with Gasteiger partial charge in [-0.15, -0.1) is 0 Å². The molecule has 1 amide bonds. The Kier molecular flexibility index (Phi) is 6.14. The van der Waals surface area contributed by atoms with E-state index in [1.807, 2.05) is 20.8 Å². The summed E-state index contributed by atoms with van der Waals surface area (Å²) in [5.41, 5.74) is -0.933. The molecule has 8 heteroatoms. The van der Waals surface area contributed by atoms with Crippen molar-refractivity contribution in [1.82, 2.24) is 9.21 Å². The Hall–Kier alpha value is -1.15. The predicted molar refractivity (Wildman–Crippen MR) is 94.5 cm³/mol. The molecule has 0 aliphatic carbocycles. The number of sulfonamides is 1. The fraction of sp³-hybridized carbons (Fsp3) is 0.882. The van der Waals surface area contributed by atoms with E-state index < -0.39 is 27.4 Å². The van der Waals surface area contributed by atoms with Crippen LogP contribution >= 0.6 is 0 Å². The zero-order valence-electron chi connectivity index (χ0n) is 15.4. The molecule has 2 saturated heterocycles. The van der Waals surface area contributed by atoms with Gasteiger partial charge in [0.25, 0.3) is 0 Å². The third kappa shape index (κ3) is 3.84. The van der Waals surface area contributed by atoms with E-state index in [1.54, 1.807) is 4.90 Å². The Morgan fingerprint density at radius 3 is 2.44 bits per heavy atom. The van der Waals surface area contributed by atoms with Gasteiger partial charge in [0, 0.05) is 19.6 Å². The van der Waals surface area contributed by atoms with Crippen LogP contribution in [0.5, 0.6) is 0 Å². The van der Waals surface area contributed by atoms with Crippen LogP contribution in [0.3, 0.4) is 0 Å². The standard InChI is InChI=1S/C17H30N2O5S/c1-4-11-25(23,24)19-9-6-5-7-14(19)15(20)18-10-8-17(12-18,13(2)3)16(21)22/h13-14H,4-12H2,1-3H3,(H,21,22). The number of carboxylic acid groups (broad SMARTS) is 1. The average molecular weight is 375 g/mol. The Bertz CT molecular complexity index is 619. The molecule has 1 N–H and O–H groups in total. The maximum absolute atomic E-state index is 13.0. The first-order valence-electron chi connectivity index (χ1n) is 9.17. The highest BCUT2D eigenvalue weighted by molar-refractivity contribution is 7.89. The molecule has 2 aliphatic rings. The van der Waals surface area contributed by atoms with Crippen molar-refractivity contribution in [2.75, 3.05) is 25.4 Å². The van der Waals surface area contributed by atoms with Gasteiger partial charge in [-0.25, -0.2) is 8.42 Å². The zero-order chi connectivity index (χ0) is 18.8. The van der Waals surface area contributed by atoms with Gasteiger partial charge >= 0.3 is 5.97 Å². The van der Waals surface area contributed by atoms with Crippen molar-refractivity contribution in [3.8, 4) is 0 Å². The summed E-state index contributed by atoms with van der Waals surface area (Å²) in [5, 5.41) is 9.65. The van der Waals surface area contributed by atoms with Crippen molar-refractivity contribution in [2.45, 2.75) is 58.9 Å². The monoisotopic (exact) mass is 374 g/mol. The van der Waals surface area contributed by atoms with Crippen molar-refractivity contribution in [1.29, 1.82) is 0 Å². The number of amides is 1. The highest BCUT2D eigenvalue weighted by Crippen LogP contribution is 2.39. The Labute approximate surface area is 150 Å². The summed E-state index contributed by atoms with van der Waals surface area (Å²) in [6.45, 7) is 6.45. The number of likely N-dealkylation sites (tertiary alicyclic amines) is 1. The van der Waals surface area contributed by atoms with E-state index in [0.717, 1.165) is 12.8 Å². The maximum Gasteiger partial charge on any atom is 0.311 e. The molecule has 0 aromatic rings. The summed E-state index contributed by atoms with van der Waals surface area (Å²) in [6.07, 6.45) is 3.02. The molecule has 2 rings (SSSR count). The lowest BCUT2D eigenvalue weighted by Gasteiger charge is -2.36. The largest absolute Gasteiger partial charge is 0.481 e. The van der Waals surface area contributed by atoms with Crippen molar-refractivity contribution < 1.29 is 23.1 Å². The topological polar surface area (TPSA) is 95.0 Å². The summed E-state index contributed by atoms with van der Waals surface area (Å²) in [6, 6.07) is -0.679. The van der Waals surface area contributed by atoms with Crippen LogP contribution < -0.4 is 0 Å². The highest BCUT2D eigenvalue weighted by Gasteiger charge is 2.50. The van der Waals surface area contributed by atoms with Gasteiger partial charge in [0.05, 0.1) is 11.2 Å². The van der Waals surface area contributed by atoms with Gasteiger partial charge in [-0.2, -0.15) is 4.31 Å². The van der Waals surface area contributed by atoms with E-state index in [1.165, 1.54) is 4.31 Å². The minimum atomic E-state index is -3.45. The molecule has 25 heavy (non-hydrogen) atoms. The second-order valence-electron chi connectivity index (χ2n) is 7.56. The van der Waals surface area contributed by atoms with Gasteiger partial charge in [0.2, 0.25) is 15.9 Å². The van der Waals surface area contributed by atoms with E-state index in [0.29, 0.717) is 32.4 Å². The molecule has 2 aliphatic heterocycles. The molecule has 0 saturated carbocycles. The van der Waals surface area contributed by atoms with E-state index in [4.69, 9.17) is 0 Å². The Balaban J connectivity index is 2.20. The molecule has 0 spiro atoms. The summed E-state index contributed by atoms with van der Waals surface area (Å²) in [7, 11) is -3.45. The summed E-state index contributed by atoms with van der Waals surface area (Å²) in [4.78, 5) is 26.4. The SMILES string of the molecule is CCCS(=O)(=O)N1CCCCC1C(=O)N1CCC(C(=O)O)(C(C)C)C1. The maximum atomic E-state index is 13.0. The lowest BCUT2D eigenvalue weighted by atomic mass is 9.76. The first-order chi connectivity index (χ1) is 11.7. The van der Waals surface area contributed by atoms with Crippen molar-refractivity contribution in [3.05, 3.63) is 0 Å². The van der Waals surface area contributed by atoms with Crippen LogP contribution in [0.15, 0.2) is 0 Å². The number of carbonyl (C=O) groups excluding carboxylic acids is 1.